The van der Waals surface area contributed by atoms with E-state index >= 15 is 0 Å². The van der Waals surface area contributed by atoms with Crippen LogP contribution in [0.5, 0.6) is 0 Å². The van der Waals surface area contributed by atoms with Gasteiger partial charge in [0.15, 0.2) is 4.60 Å². The first kappa shape index (κ1) is 14.9. The Kier molecular flexibility index (Phi) is 4.93. The van der Waals surface area contributed by atoms with Crippen molar-refractivity contribution < 1.29 is 8.42 Å². The van der Waals surface area contributed by atoms with E-state index in [0.717, 1.165) is 26.1 Å². The van der Waals surface area contributed by atoms with Crippen molar-refractivity contribution in [3.63, 3.8) is 0 Å². The minimum atomic E-state index is -3.55. The highest BCUT2D eigenvalue weighted by Crippen LogP contribution is 2.17. The van der Waals surface area contributed by atoms with Gasteiger partial charge in [0.25, 0.3) is 10.0 Å². The number of rotatable bonds is 6. The molecule has 0 aromatic carbocycles. The zero-order valence-corrected chi connectivity index (χ0v) is 13.2. The molecule has 0 saturated carbocycles. The van der Waals surface area contributed by atoms with Gasteiger partial charge < -0.3 is 4.90 Å². The van der Waals surface area contributed by atoms with E-state index in [1.165, 1.54) is 17.5 Å². The van der Waals surface area contributed by atoms with Crippen molar-refractivity contribution in [1.29, 1.82) is 0 Å². The molecular formula is C10H18BrN5O2S. The maximum absolute atomic E-state index is 12.1. The van der Waals surface area contributed by atoms with Gasteiger partial charge >= 0.3 is 0 Å². The summed E-state index contributed by atoms with van der Waals surface area (Å²) in [5.74, 6) is 0. The van der Waals surface area contributed by atoms with Crippen molar-refractivity contribution in [2.75, 3.05) is 26.2 Å². The summed E-state index contributed by atoms with van der Waals surface area (Å²) in [6.45, 7) is 3.62. The fourth-order valence-electron chi connectivity index (χ4n) is 2.19. The van der Waals surface area contributed by atoms with E-state index in [1.54, 1.807) is 7.05 Å². The minimum Gasteiger partial charge on any atom is -0.303 e. The molecule has 1 aromatic heterocycles. The van der Waals surface area contributed by atoms with Crippen molar-refractivity contribution in [2.45, 2.75) is 24.3 Å². The molecule has 2 rings (SSSR count). The molecule has 0 aliphatic carbocycles. The van der Waals surface area contributed by atoms with Gasteiger partial charge in [-0.1, -0.05) is 5.21 Å². The summed E-state index contributed by atoms with van der Waals surface area (Å²) in [6.07, 6.45) is 3.31. The lowest BCUT2D eigenvalue weighted by atomic mass is 10.4. The molecule has 1 aliphatic heterocycles. The van der Waals surface area contributed by atoms with E-state index in [1.807, 2.05) is 0 Å². The molecule has 1 aromatic rings. The number of aromatic nitrogens is 3. The first-order valence-corrected chi connectivity index (χ1v) is 8.55. The van der Waals surface area contributed by atoms with Crippen LogP contribution in [0.4, 0.5) is 0 Å². The molecule has 0 spiro atoms. The van der Waals surface area contributed by atoms with Gasteiger partial charge in [-0.3, -0.25) is 0 Å². The molecule has 1 N–H and O–H groups in total. The molecule has 108 valence electrons. The van der Waals surface area contributed by atoms with Crippen LogP contribution in [-0.2, 0) is 17.1 Å². The van der Waals surface area contributed by atoms with Gasteiger partial charge in [0.05, 0.1) is 0 Å². The summed E-state index contributed by atoms with van der Waals surface area (Å²) in [6, 6.07) is 0. The average molecular weight is 352 g/mol. The molecule has 0 radical (unpaired) electrons. The first-order valence-electron chi connectivity index (χ1n) is 6.28. The predicted octanol–water partition coefficient (Wildman–Crippen LogP) is 0.342. The molecule has 0 amide bonds. The number of nitrogens with zero attached hydrogens (tertiary/aromatic N) is 4. The monoisotopic (exact) mass is 351 g/mol. The number of aryl methyl sites for hydroxylation is 1. The van der Waals surface area contributed by atoms with Gasteiger partial charge in [-0.15, -0.1) is 5.10 Å². The first-order chi connectivity index (χ1) is 9.00. The molecule has 1 aliphatic rings. The van der Waals surface area contributed by atoms with Crippen LogP contribution in [0.25, 0.3) is 0 Å². The number of likely N-dealkylation sites (tertiary alicyclic amines) is 1. The normalized spacial score (nSPS) is 17.2. The maximum atomic E-state index is 12.1. The number of nitrogens with one attached hydrogen (secondary N) is 1. The molecule has 2 heterocycles. The highest BCUT2D eigenvalue weighted by atomic mass is 79.9. The maximum Gasteiger partial charge on any atom is 0.260 e. The van der Waals surface area contributed by atoms with Crippen LogP contribution in [0, 0.1) is 0 Å². The quantitative estimate of drug-likeness (QED) is 0.747. The number of sulfonamides is 1. The number of hydrogen-bond donors (Lipinski definition) is 1. The fourth-order valence-corrected chi connectivity index (χ4v) is 4.36. The van der Waals surface area contributed by atoms with Crippen molar-refractivity contribution in [2.24, 2.45) is 7.05 Å². The second kappa shape index (κ2) is 6.29. The van der Waals surface area contributed by atoms with E-state index < -0.39 is 10.0 Å². The van der Waals surface area contributed by atoms with Gasteiger partial charge in [0, 0.05) is 13.6 Å². The van der Waals surface area contributed by atoms with Gasteiger partial charge in [-0.05, 0) is 54.8 Å². The number of halogens is 1. The van der Waals surface area contributed by atoms with E-state index in [4.69, 9.17) is 0 Å². The van der Waals surface area contributed by atoms with Crippen LogP contribution in [0.3, 0.4) is 0 Å². The molecule has 0 unspecified atom stereocenters. The Morgan fingerprint density at radius 3 is 2.63 bits per heavy atom. The zero-order chi connectivity index (χ0) is 13.9. The Balaban J connectivity index is 1.84. The van der Waals surface area contributed by atoms with Crippen LogP contribution < -0.4 is 4.72 Å². The van der Waals surface area contributed by atoms with Gasteiger partial charge in [0.1, 0.15) is 0 Å². The Hall–Kier alpha value is -0.510. The molecular weight excluding hydrogens is 334 g/mol. The second-order valence-electron chi connectivity index (χ2n) is 4.61. The van der Waals surface area contributed by atoms with Crippen molar-refractivity contribution >= 4 is 26.0 Å². The van der Waals surface area contributed by atoms with E-state index in [0.29, 0.717) is 6.54 Å². The fraction of sp³-hybridized carbons (Fsp3) is 0.800. The van der Waals surface area contributed by atoms with E-state index in [-0.39, 0.29) is 9.63 Å². The van der Waals surface area contributed by atoms with E-state index in [2.05, 4.69) is 35.9 Å². The third-order valence-corrected chi connectivity index (χ3v) is 5.48. The minimum absolute atomic E-state index is 0.0636. The van der Waals surface area contributed by atoms with Gasteiger partial charge in [-0.2, -0.15) is 0 Å². The van der Waals surface area contributed by atoms with E-state index in [9.17, 15) is 8.42 Å². The standard InChI is InChI=1S/C10H18BrN5O2S/c1-15-10(9(11)13-14-15)19(17,18)12-5-4-8-16-6-2-3-7-16/h12H,2-8H2,1H3. The Morgan fingerprint density at radius 2 is 2.05 bits per heavy atom. The molecule has 19 heavy (non-hydrogen) atoms. The van der Waals surface area contributed by atoms with Crippen molar-refractivity contribution in [3.05, 3.63) is 4.60 Å². The topological polar surface area (TPSA) is 80.1 Å². The SMILES string of the molecule is Cn1nnc(Br)c1S(=O)(=O)NCCCN1CCCC1. The highest BCUT2D eigenvalue weighted by Gasteiger charge is 2.23. The van der Waals surface area contributed by atoms with Gasteiger partial charge in [0.2, 0.25) is 5.03 Å². The predicted molar refractivity (Wildman–Crippen MR) is 74.2 cm³/mol. The highest BCUT2D eigenvalue weighted by molar-refractivity contribution is 9.10. The largest absolute Gasteiger partial charge is 0.303 e. The summed E-state index contributed by atoms with van der Waals surface area (Å²) >= 11 is 3.09. The van der Waals surface area contributed by atoms with Crippen LogP contribution in [0.15, 0.2) is 9.63 Å². The molecule has 0 atom stereocenters. The molecule has 1 saturated heterocycles. The smallest absolute Gasteiger partial charge is 0.260 e. The summed E-state index contributed by atoms with van der Waals surface area (Å²) in [4.78, 5) is 2.36. The third kappa shape index (κ3) is 3.74. The molecule has 9 heteroatoms. The lowest BCUT2D eigenvalue weighted by Crippen LogP contribution is -2.30. The lowest BCUT2D eigenvalue weighted by molar-refractivity contribution is 0.334. The van der Waals surface area contributed by atoms with Crippen LogP contribution in [-0.4, -0.2) is 54.5 Å². The Labute approximate surface area is 121 Å². The molecule has 7 nitrogen and oxygen atoms in total. The van der Waals surface area contributed by atoms with Crippen LogP contribution in [0.2, 0.25) is 0 Å². The Bertz CT molecular complexity index is 505. The lowest BCUT2D eigenvalue weighted by Gasteiger charge is -2.14. The van der Waals surface area contributed by atoms with Crippen molar-refractivity contribution in [3.8, 4) is 0 Å². The van der Waals surface area contributed by atoms with Crippen molar-refractivity contribution in [1.82, 2.24) is 24.6 Å². The van der Waals surface area contributed by atoms with Crippen LogP contribution >= 0.6 is 15.9 Å². The third-order valence-electron chi connectivity index (χ3n) is 3.13. The zero-order valence-electron chi connectivity index (χ0n) is 10.8. The molecule has 0 bridgehead atoms. The summed E-state index contributed by atoms with van der Waals surface area (Å²) < 4.78 is 28.2. The number of hydrogen-bond acceptors (Lipinski definition) is 5. The van der Waals surface area contributed by atoms with Gasteiger partial charge in [-0.25, -0.2) is 17.8 Å². The summed E-state index contributed by atoms with van der Waals surface area (Å²) in [7, 11) is -2.00. The Morgan fingerprint density at radius 1 is 1.37 bits per heavy atom. The average Bonchev–Trinajstić information content (AvgIpc) is 2.95. The van der Waals surface area contributed by atoms with Crippen LogP contribution in [0.1, 0.15) is 19.3 Å². The molecule has 1 fully saturated rings. The summed E-state index contributed by atoms with van der Waals surface area (Å²) in [5.41, 5.74) is 0. The summed E-state index contributed by atoms with van der Waals surface area (Å²) in [5, 5.41) is 7.41. The second-order valence-corrected chi connectivity index (χ2v) is 7.04.